The van der Waals surface area contributed by atoms with Crippen molar-refractivity contribution < 1.29 is 37.4 Å². The van der Waals surface area contributed by atoms with E-state index in [1.165, 1.54) is 21.0 Å². The van der Waals surface area contributed by atoms with Crippen molar-refractivity contribution in [1.29, 1.82) is 0 Å². The number of halogens is 2. The van der Waals surface area contributed by atoms with Crippen LogP contribution in [0.2, 0.25) is 0 Å². The number of Topliss-reactive ketones (excluding diaryl/α,β-unsaturated/α-hetero) is 1. The molecule has 0 saturated heterocycles. The number of hydrogen-bond donors (Lipinski definition) is 1. The van der Waals surface area contributed by atoms with E-state index in [9.17, 15) is 23.2 Å². The van der Waals surface area contributed by atoms with Crippen LogP contribution in [0.3, 0.4) is 0 Å². The molecule has 0 saturated carbocycles. The fourth-order valence-corrected chi connectivity index (χ4v) is 2.07. The van der Waals surface area contributed by atoms with E-state index in [1.807, 2.05) is 0 Å². The van der Waals surface area contributed by atoms with Gasteiger partial charge in [0.15, 0.2) is 12.6 Å². The van der Waals surface area contributed by atoms with Gasteiger partial charge in [-0.1, -0.05) is 0 Å². The monoisotopic (exact) mass is 401 g/mol. The molecular weight excluding hydrogens is 376 g/mol. The molecule has 0 radical (unpaired) electrons. The lowest BCUT2D eigenvalue weighted by molar-refractivity contribution is -0.152. The molecule has 0 aliphatic carbocycles. The first-order valence-electron chi connectivity index (χ1n) is 8.46. The van der Waals surface area contributed by atoms with Crippen molar-refractivity contribution >= 4 is 17.8 Å². The van der Waals surface area contributed by atoms with Gasteiger partial charge in [0.25, 0.3) is 0 Å². The highest BCUT2D eigenvalue weighted by Gasteiger charge is 2.39. The summed E-state index contributed by atoms with van der Waals surface area (Å²) < 4.78 is 42.1. The van der Waals surface area contributed by atoms with Gasteiger partial charge < -0.3 is 19.5 Å². The maximum atomic E-state index is 13.7. The average Bonchev–Trinajstić information content (AvgIpc) is 2.57. The Morgan fingerprint density at radius 1 is 1.11 bits per heavy atom. The summed E-state index contributed by atoms with van der Waals surface area (Å²) in [5, 5.41) is 2.34. The Balaban J connectivity index is 2.88. The highest BCUT2D eigenvalue weighted by molar-refractivity contribution is 5.98. The predicted molar refractivity (Wildman–Crippen MR) is 95.9 cm³/mol. The van der Waals surface area contributed by atoms with E-state index in [1.54, 1.807) is 20.8 Å². The number of rotatable bonds is 7. The van der Waals surface area contributed by atoms with E-state index in [2.05, 4.69) is 5.32 Å². The number of ketones is 1. The number of alkyl carbamates (subject to hydrolysis) is 1. The number of amides is 1. The molecule has 1 atom stereocenters. The predicted octanol–water partition coefficient (Wildman–Crippen LogP) is 3.01. The molecular formula is C19H25F2NO6. The largest absolute Gasteiger partial charge is 0.456 e. The third kappa shape index (κ3) is 6.88. The molecule has 156 valence electrons. The van der Waals surface area contributed by atoms with Crippen LogP contribution >= 0.6 is 0 Å². The zero-order valence-electron chi connectivity index (χ0n) is 16.7. The third-order valence-electron chi connectivity index (χ3n) is 3.69. The van der Waals surface area contributed by atoms with E-state index >= 15 is 0 Å². The smallest absolute Gasteiger partial charge is 0.408 e. The summed E-state index contributed by atoms with van der Waals surface area (Å²) >= 11 is 0. The lowest BCUT2D eigenvalue weighted by Gasteiger charge is -2.32. The number of benzene rings is 1. The Labute approximate surface area is 162 Å². The van der Waals surface area contributed by atoms with Crippen molar-refractivity contribution in [2.24, 2.45) is 0 Å². The minimum Gasteiger partial charge on any atom is -0.456 e. The van der Waals surface area contributed by atoms with Crippen LogP contribution in [0.1, 0.15) is 45.0 Å². The summed E-state index contributed by atoms with van der Waals surface area (Å²) in [6, 6.07) is 1.05. The zero-order chi connectivity index (χ0) is 21.7. The van der Waals surface area contributed by atoms with Gasteiger partial charge in [-0.3, -0.25) is 4.79 Å². The molecule has 0 aliphatic rings. The Morgan fingerprint density at radius 2 is 1.71 bits per heavy atom. The molecule has 0 heterocycles. The quantitative estimate of drug-likeness (QED) is 0.558. The average molecular weight is 401 g/mol. The summed E-state index contributed by atoms with van der Waals surface area (Å²) in [5.74, 6) is -3.68. The fourth-order valence-electron chi connectivity index (χ4n) is 2.07. The minimum atomic E-state index is -1.32. The molecule has 0 aliphatic heterocycles. The third-order valence-corrected chi connectivity index (χ3v) is 3.69. The Bertz CT molecular complexity index is 742. The van der Waals surface area contributed by atoms with E-state index < -0.39 is 58.9 Å². The van der Waals surface area contributed by atoms with Gasteiger partial charge in [0.2, 0.25) is 5.78 Å². The second kappa shape index (κ2) is 9.09. The molecule has 1 N–H and O–H groups in total. The summed E-state index contributed by atoms with van der Waals surface area (Å²) in [7, 11) is 1.32. The van der Waals surface area contributed by atoms with Gasteiger partial charge in [-0.05, 0) is 52.8 Å². The lowest BCUT2D eigenvalue weighted by atomic mass is 9.99. The molecule has 0 unspecified atom stereocenters. The van der Waals surface area contributed by atoms with Gasteiger partial charge >= 0.3 is 12.1 Å². The molecule has 0 spiro atoms. The van der Waals surface area contributed by atoms with Crippen molar-refractivity contribution in [3.05, 3.63) is 35.4 Å². The molecule has 1 aromatic rings. The molecule has 1 aromatic carbocycles. The summed E-state index contributed by atoms with van der Waals surface area (Å²) in [6.07, 6.45) is -0.887. The molecule has 1 rings (SSSR count). The van der Waals surface area contributed by atoms with Gasteiger partial charge in [0.05, 0.1) is 11.2 Å². The van der Waals surface area contributed by atoms with Crippen LogP contribution in [0.5, 0.6) is 0 Å². The topological polar surface area (TPSA) is 90.9 Å². The number of ether oxygens (including phenoxy) is 3. The fraction of sp³-hybridized carbons (Fsp3) is 0.526. The number of carbonyl (C=O) groups excluding carboxylic acids is 3. The van der Waals surface area contributed by atoms with Crippen LogP contribution in [0.25, 0.3) is 0 Å². The first-order chi connectivity index (χ1) is 12.8. The molecule has 9 heteroatoms. The SMILES string of the molecule is COC(C)(C)[C@@H](NC(=O)OC(C)(C)C)C(=O)OCC(=O)c1cc(F)ccc1F. The Morgan fingerprint density at radius 3 is 2.25 bits per heavy atom. The first kappa shape index (κ1) is 23.5. The number of nitrogens with one attached hydrogen (secondary N) is 1. The first-order valence-corrected chi connectivity index (χ1v) is 8.46. The van der Waals surface area contributed by atoms with Crippen LogP contribution in [-0.2, 0) is 19.0 Å². The van der Waals surface area contributed by atoms with E-state index in [0.29, 0.717) is 6.07 Å². The van der Waals surface area contributed by atoms with Gasteiger partial charge in [0.1, 0.15) is 17.2 Å². The summed E-state index contributed by atoms with van der Waals surface area (Å²) in [5.41, 5.74) is -2.56. The molecule has 0 aromatic heterocycles. The van der Waals surface area contributed by atoms with Crippen LogP contribution < -0.4 is 5.32 Å². The van der Waals surface area contributed by atoms with E-state index in [4.69, 9.17) is 14.2 Å². The molecule has 0 bridgehead atoms. The van der Waals surface area contributed by atoms with Crippen LogP contribution in [0.4, 0.5) is 13.6 Å². The zero-order valence-corrected chi connectivity index (χ0v) is 16.7. The maximum Gasteiger partial charge on any atom is 0.408 e. The van der Waals surface area contributed by atoms with Crippen molar-refractivity contribution in [3.63, 3.8) is 0 Å². The number of esters is 1. The van der Waals surface area contributed by atoms with Gasteiger partial charge in [-0.25, -0.2) is 18.4 Å². The Kier molecular flexibility index (Phi) is 7.63. The van der Waals surface area contributed by atoms with Crippen molar-refractivity contribution in [2.75, 3.05) is 13.7 Å². The molecule has 7 nitrogen and oxygen atoms in total. The second-order valence-electron chi connectivity index (χ2n) is 7.54. The van der Waals surface area contributed by atoms with Crippen molar-refractivity contribution in [1.82, 2.24) is 5.32 Å². The molecule has 1 amide bonds. The minimum absolute atomic E-state index is 0.546. The van der Waals surface area contributed by atoms with Gasteiger partial charge in [-0.15, -0.1) is 0 Å². The van der Waals surface area contributed by atoms with Crippen LogP contribution in [0, 0.1) is 11.6 Å². The van der Waals surface area contributed by atoms with E-state index in [0.717, 1.165) is 12.1 Å². The lowest BCUT2D eigenvalue weighted by Crippen LogP contribution is -2.56. The normalized spacial score (nSPS) is 12.9. The number of carbonyl (C=O) groups is 3. The summed E-state index contributed by atoms with van der Waals surface area (Å²) in [6.45, 7) is 7.13. The Hall–Kier alpha value is -2.55. The van der Waals surface area contributed by atoms with Gasteiger partial charge in [-0.2, -0.15) is 0 Å². The second-order valence-corrected chi connectivity index (χ2v) is 7.54. The molecule has 0 fully saturated rings. The van der Waals surface area contributed by atoms with Crippen molar-refractivity contribution in [2.45, 2.75) is 51.9 Å². The highest BCUT2D eigenvalue weighted by atomic mass is 19.1. The van der Waals surface area contributed by atoms with Gasteiger partial charge in [0, 0.05) is 7.11 Å². The summed E-state index contributed by atoms with van der Waals surface area (Å²) in [4.78, 5) is 36.5. The maximum absolute atomic E-state index is 13.7. The van der Waals surface area contributed by atoms with Crippen LogP contribution in [-0.4, -0.2) is 48.8 Å². The van der Waals surface area contributed by atoms with E-state index in [-0.39, 0.29) is 0 Å². The van der Waals surface area contributed by atoms with Crippen molar-refractivity contribution in [3.8, 4) is 0 Å². The standard InChI is InChI=1S/C19H25F2NO6/c1-18(2,3)28-17(25)22-15(19(4,5)26-6)16(24)27-10-14(23)12-9-11(20)7-8-13(12)21/h7-9,15H,10H2,1-6H3,(H,22,25)/t15-/m0/s1. The number of methoxy groups -OCH3 is 1. The number of hydrogen-bond acceptors (Lipinski definition) is 6. The molecule has 28 heavy (non-hydrogen) atoms. The highest BCUT2D eigenvalue weighted by Crippen LogP contribution is 2.17. The van der Waals surface area contributed by atoms with Crippen LogP contribution in [0.15, 0.2) is 18.2 Å².